The first-order chi connectivity index (χ1) is 9.69. The van der Waals surface area contributed by atoms with E-state index < -0.39 is 0 Å². The molecule has 0 radical (unpaired) electrons. The van der Waals surface area contributed by atoms with Gasteiger partial charge in [-0.1, -0.05) is 0 Å². The van der Waals surface area contributed by atoms with Crippen LogP contribution in [0.3, 0.4) is 0 Å². The van der Waals surface area contributed by atoms with E-state index in [1.165, 1.54) is 19.0 Å². The molecule has 1 unspecified atom stereocenters. The van der Waals surface area contributed by atoms with Gasteiger partial charge in [0, 0.05) is 19.1 Å². The average Bonchev–Trinajstić information content (AvgIpc) is 2.92. The van der Waals surface area contributed by atoms with E-state index >= 15 is 0 Å². The minimum atomic E-state index is -0.163. The van der Waals surface area contributed by atoms with Crippen molar-refractivity contribution >= 4 is 11.7 Å². The maximum Gasteiger partial charge on any atom is 0.271 e. The molecule has 1 aliphatic heterocycles. The second-order valence-corrected chi connectivity index (χ2v) is 5.20. The largest absolute Gasteiger partial charge is 0.369 e. The van der Waals surface area contributed by atoms with Crippen molar-refractivity contribution in [1.29, 1.82) is 0 Å². The number of nitrogens with one attached hydrogen (secondary N) is 2. The first-order valence-corrected chi connectivity index (χ1v) is 7.28. The maximum atomic E-state index is 12.1. The molecule has 0 bridgehead atoms. The van der Waals surface area contributed by atoms with Crippen molar-refractivity contribution in [2.75, 3.05) is 31.5 Å². The van der Waals surface area contributed by atoms with Crippen molar-refractivity contribution in [2.24, 2.45) is 0 Å². The van der Waals surface area contributed by atoms with E-state index in [0.717, 1.165) is 26.2 Å². The number of anilines is 1. The highest BCUT2D eigenvalue weighted by atomic mass is 16.1. The number of aromatic nitrogens is 2. The lowest BCUT2D eigenvalue weighted by molar-refractivity contribution is 0.0926. The summed E-state index contributed by atoms with van der Waals surface area (Å²) in [5, 5.41) is 6.03. The highest BCUT2D eigenvalue weighted by Crippen LogP contribution is 2.08. The number of nitrogens with zero attached hydrogens (tertiary/aromatic N) is 3. The van der Waals surface area contributed by atoms with Crippen LogP contribution in [0.15, 0.2) is 12.4 Å². The Morgan fingerprint density at radius 2 is 2.15 bits per heavy atom. The molecule has 1 aromatic heterocycles. The summed E-state index contributed by atoms with van der Waals surface area (Å²) in [7, 11) is 0. The van der Waals surface area contributed by atoms with Crippen LogP contribution in [0.1, 0.15) is 37.2 Å². The molecular weight excluding hydrogens is 254 g/mol. The highest BCUT2D eigenvalue weighted by Gasteiger charge is 2.17. The molecular formula is C14H23N5O. The minimum Gasteiger partial charge on any atom is -0.369 e. The molecule has 0 saturated carbocycles. The lowest BCUT2D eigenvalue weighted by Gasteiger charge is -2.21. The van der Waals surface area contributed by atoms with Crippen LogP contribution in [0.2, 0.25) is 0 Å². The second kappa shape index (κ2) is 7.19. The zero-order valence-corrected chi connectivity index (χ0v) is 12.2. The van der Waals surface area contributed by atoms with Crippen molar-refractivity contribution in [3.63, 3.8) is 0 Å². The maximum absolute atomic E-state index is 12.1. The third kappa shape index (κ3) is 4.16. The van der Waals surface area contributed by atoms with Crippen molar-refractivity contribution in [1.82, 2.24) is 20.2 Å². The van der Waals surface area contributed by atoms with Gasteiger partial charge in [0.15, 0.2) is 0 Å². The standard InChI is InChI=1S/C14H23N5O/c1-3-16-13-9-15-8-12(18-13)14(20)17-11(2)10-19-6-4-5-7-19/h8-9,11H,3-7,10H2,1-2H3,(H,16,18)(H,17,20). The van der Waals surface area contributed by atoms with Gasteiger partial charge in [0.05, 0.1) is 12.4 Å². The van der Waals surface area contributed by atoms with Crippen LogP contribution in [0.25, 0.3) is 0 Å². The fourth-order valence-corrected chi connectivity index (χ4v) is 2.44. The molecule has 6 nitrogen and oxygen atoms in total. The van der Waals surface area contributed by atoms with E-state index in [4.69, 9.17) is 0 Å². The van der Waals surface area contributed by atoms with Crippen LogP contribution in [-0.4, -0.2) is 53.0 Å². The summed E-state index contributed by atoms with van der Waals surface area (Å²) in [6, 6.07) is 0.116. The fourth-order valence-electron chi connectivity index (χ4n) is 2.44. The van der Waals surface area contributed by atoms with Crippen LogP contribution in [-0.2, 0) is 0 Å². The molecule has 2 N–H and O–H groups in total. The zero-order chi connectivity index (χ0) is 14.4. The van der Waals surface area contributed by atoms with Crippen molar-refractivity contribution in [2.45, 2.75) is 32.7 Å². The summed E-state index contributed by atoms with van der Waals surface area (Å²) < 4.78 is 0. The van der Waals surface area contributed by atoms with E-state index in [1.807, 2.05) is 13.8 Å². The Morgan fingerprint density at radius 3 is 2.85 bits per heavy atom. The van der Waals surface area contributed by atoms with Gasteiger partial charge in [-0.2, -0.15) is 0 Å². The molecule has 1 amide bonds. The van der Waals surface area contributed by atoms with Crippen LogP contribution >= 0.6 is 0 Å². The predicted octanol–water partition coefficient (Wildman–Crippen LogP) is 1.12. The highest BCUT2D eigenvalue weighted by molar-refractivity contribution is 5.92. The van der Waals surface area contributed by atoms with E-state index in [9.17, 15) is 4.79 Å². The van der Waals surface area contributed by atoms with Gasteiger partial charge in [0.2, 0.25) is 0 Å². The molecule has 20 heavy (non-hydrogen) atoms. The van der Waals surface area contributed by atoms with Crippen molar-refractivity contribution < 1.29 is 4.79 Å². The third-order valence-corrected chi connectivity index (χ3v) is 3.33. The van der Waals surface area contributed by atoms with E-state index in [1.54, 1.807) is 6.20 Å². The van der Waals surface area contributed by atoms with Crippen molar-refractivity contribution in [3.8, 4) is 0 Å². The number of amides is 1. The van der Waals surface area contributed by atoms with Gasteiger partial charge >= 0.3 is 0 Å². The topological polar surface area (TPSA) is 70.2 Å². The van der Waals surface area contributed by atoms with E-state index in [0.29, 0.717) is 11.5 Å². The van der Waals surface area contributed by atoms with Gasteiger partial charge in [0.1, 0.15) is 11.5 Å². The summed E-state index contributed by atoms with van der Waals surface area (Å²) in [6.45, 7) is 7.92. The molecule has 6 heteroatoms. The van der Waals surface area contributed by atoms with E-state index in [-0.39, 0.29) is 11.9 Å². The monoisotopic (exact) mass is 277 g/mol. The lowest BCUT2D eigenvalue weighted by atomic mass is 10.3. The minimum absolute atomic E-state index is 0.116. The molecule has 2 heterocycles. The molecule has 1 atom stereocenters. The number of hydrogen-bond donors (Lipinski definition) is 2. The third-order valence-electron chi connectivity index (χ3n) is 3.33. The predicted molar refractivity (Wildman–Crippen MR) is 78.8 cm³/mol. The number of carbonyl (C=O) groups excluding carboxylic acids is 1. The summed E-state index contributed by atoms with van der Waals surface area (Å²) in [6.07, 6.45) is 5.64. The molecule has 0 aliphatic carbocycles. The Labute approximate surface area is 120 Å². The molecule has 110 valence electrons. The Morgan fingerprint density at radius 1 is 1.40 bits per heavy atom. The number of likely N-dealkylation sites (tertiary alicyclic amines) is 1. The smallest absolute Gasteiger partial charge is 0.271 e. The Balaban J connectivity index is 1.88. The van der Waals surface area contributed by atoms with Gasteiger partial charge in [-0.3, -0.25) is 9.78 Å². The SMILES string of the molecule is CCNc1cncc(C(=O)NC(C)CN2CCCC2)n1. The second-order valence-electron chi connectivity index (χ2n) is 5.20. The molecule has 1 fully saturated rings. The lowest BCUT2D eigenvalue weighted by Crippen LogP contribution is -2.41. The summed E-state index contributed by atoms with van der Waals surface area (Å²) in [5.74, 6) is 0.469. The quantitative estimate of drug-likeness (QED) is 0.815. The molecule has 2 rings (SSSR count). The number of hydrogen-bond acceptors (Lipinski definition) is 5. The van der Waals surface area contributed by atoms with Gasteiger partial charge in [-0.05, 0) is 39.8 Å². The Hall–Kier alpha value is -1.69. The average molecular weight is 277 g/mol. The van der Waals surface area contributed by atoms with Gasteiger partial charge in [0.25, 0.3) is 5.91 Å². The molecule has 1 saturated heterocycles. The molecule has 0 aromatic carbocycles. The number of rotatable bonds is 6. The fraction of sp³-hybridized carbons (Fsp3) is 0.643. The van der Waals surface area contributed by atoms with E-state index in [2.05, 4.69) is 25.5 Å². The van der Waals surface area contributed by atoms with Crippen LogP contribution in [0.5, 0.6) is 0 Å². The first kappa shape index (κ1) is 14.7. The van der Waals surface area contributed by atoms with Crippen LogP contribution in [0, 0.1) is 0 Å². The summed E-state index contributed by atoms with van der Waals surface area (Å²) >= 11 is 0. The molecule has 1 aliphatic rings. The van der Waals surface area contributed by atoms with Gasteiger partial charge < -0.3 is 15.5 Å². The number of carbonyl (C=O) groups is 1. The summed E-state index contributed by atoms with van der Waals surface area (Å²) in [4.78, 5) is 22.8. The van der Waals surface area contributed by atoms with Crippen molar-refractivity contribution in [3.05, 3.63) is 18.1 Å². The van der Waals surface area contributed by atoms with Crippen LogP contribution < -0.4 is 10.6 Å². The first-order valence-electron chi connectivity index (χ1n) is 7.28. The zero-order valence-electron chi connectivity index (χ0n) is 12.2. The normalized spacial score (nSPS) is 16.9. The molecule has 0 spiro atoms. The summed E-state index contributed by atoms with van der Waals surface area (Å²) in [5.41, 5.74) is 0.358. The Bertz CT molecular complexity index is 445. The molecule has 1 aromatic rings. The van der Waals surface area contributed by atoms with Gasteiger partial charge in [-0.15, -0.1) is 0 Å². The van der Waals surface area contributed by atoms with Crippen LogP contribution in [0.4, 0.5) is 5.82 Å². The Kier molecular flexibility index (Phi) is 5.29. The van der Waals surface area contributed by atoms with Gasteiger partial charge in [-0.25, -0.2) is 4.98 Å².